The van der Waals surface area contributed by atoms with Gasteiger partial charge in [0.1, 0.15) is 17.2 Å². The Balaban J connectivity index is 2.04. The molecule has 1 aromatic carbocycles. The number of benzene rings is 1. The fourth-order valence-corrected chi connectivity index (χ4v) is 3.05. The molecule has 2 aromatic rings. The van der Waals surface area contributed by atoms with Crippen LogP contribution in [0.5, 0.6) is 0 Å². The number of aromatic nitrogens is 2. The predicted octanol–water partition coefficient (Wildman–Crippen LogP) is 2.39. The first-order valence-corrected chi connectivity index (χ1v) is 7.86. The molecule has 0 spiro atoms. The van der Waals surface area contributed by atoms with Crippen molar-refractivity contribution in [1.29, 1.82) is 0 Å². The minimum absolute atomic E-state index is 0.638. The predicted molar refractivity (Wildman–Crippen MR) is 81.7 cm³/mol. The zero-order chi connectivity index (χ0) is 14.8. The lowest BCUT2D eigenvalue weighted by atomic mass is 9.92. The molecule has 0 amide bonds. The smallest absolute Gasteiger partial charge is 0.331 e. The summed E-state index contributed by atoms with van der Waals surface area (Å²) in [6.07, 6.45) is 4.24. The van der Waals surface area contributed by atoms with Crippen LogP contribution in [0.4, 0.5) is 5.82 Å². The lowest BCUT2D eigenvalue weighted by molar-refractivity contribution is -0.138. The molecule has 1 aromatic heterocycles. The van der Waals surface area contributed by atoms with Crippen molar-refractivity contribution in [2.24, 2.45) is 0 Å². The van der Waals surface area contributed by atoms with Crippen molar-refractivity contribution in [3.63, 3.8) is 0 Å². The van der Waals surface area contributed by atoms with Crippen LogP contribution in [0.1, 0.15) is 17.2 Å². The molecule has 0 radical (unpaired) electrons. The number of carbonyl (C=O) groups is 1. The van der Waals surface area contributed by atoms with Gasteiger partial charge in [0.2, 0.25) is 0 Å². The third kappa shape index (κ3) is 2.58. The molecule has 21 heavy (non-hydrogen) atoms. The van der Waals surface area contributed by atoms with Gasteiger partial charge in [-0.2, -0.15) is 0 Å². The number of carboxylic acid groups (broad SMARTS) is 1. The third-order valence-electron chi connectivity index (χ3n) is 3.65. The van der Waals surface area contributed by atoms with E-state index in [1.165, 1.54) is 18.1 Å². The van der Waals surface area contributed by atoms with Gasteiger partial charge in [0, 0.05) is 12.6 Å². The lowest BCUT2D eigenvalue weighted by Crippen LogP contribution is -2.40. The van der Waals surface area contributed by atoms with E-state index in [1.54, 1.807) is 0 Å². The van der Waals surface area contributed by atoms with Gasteiger partial charge in [-0.1, -0.05) is 24.3 Å². The summed E-state index contributed by atoms with van der Waals surface area (Å²) in [6, 6.07) is 8.86. The highest BCUT2D eigenvalue weighted by Crippen LogP contribution is 2.33. The molecular weight excluding hydrogens is 286 g/mol. The Kier molecular flexibility index (Phi) is 3.79. The van der Waals surface area contributed by atoms with Crippen molar-refractivity contribution in [2.75, 3.05) is 17.7 Å². The minimum Gasteiger partial charge on any atom is -0.479 e. The first kappa shape index (κ1) is 13.9. The number of thioether (sulfide) groups is 1. The van der Waals surface area contributed by atoms with Crippen LogP contribution < -0.4 is 4.90 Å². The van der Waals surface area contributed by atoms with Crippen molar-refractivity contribution >= 4 is 23.5 Å². The summed E-state index contributed by atoms with van der Waals surface area (Å²) in [6.45, 7) is 0.638. The van der Waals surface area contributed by atoms with Gasteiger partial charge in [-0.05, 0) is 23.8 Å². The molecule has 6 heteroatoms. The van der Waals surface area contributed by atoms with Crippen LogP contribution in [0, 0.1) is 0 Å². The Bertz CT molecular complexity index is 677. The van der Waals surface area contributed by atoms with Crippen molar-refractivity contribution in [3.8, 4) is 0 Å². The molecule has 1 aliphatic rings. The number of hydrogen-bond acceptors (Lipinski definition) is 5. The fraction of sp³-hybridized carbons (Fsp3) is 0.267. The standard InChI is InChI=1S/C15H15N3O2S/c1-21-13-8-12(16-9-17-13)18-7-6-10-4-2-3-5-11(10)14(18)15(19)20/h2-5,8-9,14H,6-7H2,1H3,(H,19,20). The van der Waals surface area contributed by atoms with Crippen LogP contribution in [-0.4, -0.2) is 33.8 Å². The number of anilines is 1. The molecule has 0 bridgehead atoms. The highest BCUT2D eigenvalue weighted by Gasteiger charge is 2.33. The third-order valence-corrected chi connectivity index (χ3v) is 4.29. The summed E-state index contributed by atoms with van der Waals surface area (Å²) < 4.78 is 0. The van der Waals surface area contributed by atoms with E-state index >= 15 is 0 Å². The van der Waals surface area contributed by atoms with E-state index in [2.05, 4.69) is 9.97 Å². The van der Waals surface area contributed by atoms with E-state index < -0.39 is 12.0 Å². The Labute approximate surface area is 127 Å². The first-order valence-electron chi connectivity index (χ1n) is 6.64. The molecule has 2 heterocycles. The molecule has 3 rings (SSSR count). The van der Waals surface area contributed by atoms with Crippen LogP contribution in [-0.2, 0) is 11.2 Å². The second-order valence-corrected chi connectivity index (χ2v) is 5.63. The molecule has 0 saturated heterocycles. The van der Waals surface area contributed by atoms with E-state index in [0.29, 0.717) is 12.4 Å². The van der Waals surface area contributed by atoms with E-state index in [4.69, 9.17) is 0 Å². The number of fused-ring (bicyclic) bond motifs is 1. The average Bonchev–Trinajstić information content (AvgIpc) is 2.53. The summed E-state index contributed by atoms with van der Waals surface area (Å²) in [7, 11) is 0. The van der Waals surface area contributed by atoms with Gasteiger partial charge in [0.25, 0.3) is 0 Å². The molecule has 1 atom stereocenters. The van der Waals surface area contributed by atoms with Crippen molar-refractivity contribution < 1.29 is 9.90 Å². The molecule has 108 valence electrons. The highest BCUT2D eigenvalue weighted by atomic mass is 32.2. The van der Waals surface area contributed by atoms with Gasteiger partial charge in [-0.25, -0.2) is 14.8 Å². The highest BCUT2D eigenvalue weighted by molar-refractivity contribution is 7.98. The quantitative estimate of drug-likeness (QED) is 0.693. The minimum atomic E-state index is -0.855. The Morgan fingerprint density at radius 2 is 2.19 bits per heavy atom. The normalized spacial score (nSPS) is 17.4. The second kappa shape index (κ2) is 5.73. The number of hydrogen-bond donors (Lipinski definition) is 1. The summed E-state index contributed by atoms with van der Waals surface area (Å²) >= 11 is 1.52. The number of rotatable bonds is 3. The van der Waals surface area contributed by atoms with Crippen LogP contribution >= 0.6 is 11.8 Å². The molecule has 5 nitrogen and oxygen atoms in total. The van der Waals surface area contributed by atoms with Gasteiger partial charge in [0.15, 0.2) is 6.04 Å². The Morgan fingerprint density at radius 3 is 2.95 bits per heavy atom. The van der Waals surface area contributed by atoms with E-state index in [1.807, 2.05) is 41.5 Å². The summed E-state index contributed by atoms with van der Waals surface area (Å²) in [5, 5.41) is 10.5. The molecular formula is C15H15N3O2S. The Morgan fingerprint density at radius 1 is 1.38 bits per heavy atom. The Hall–Kier alpha value is -2.08. The van der Waals surface area contributed by atoms with Crippen molar-refractivity contribution in [3.05, 3.63) is 47.8 Å². The topological polar surface area (TPSA) is 66.3 Å². The van der Waals surface area contributed by atoms with Crippen LogP contribution in [0.25, 0.3) is 0 Å². The van der Waals surface area contributed by atoms with Crippen LogP contribution in [0.2, 0.25) is 0 Å². The van der Waals surface area contributed by atoms with Crippen LogP contribution in [0.3, 0.4) is 0 Å². The van der Waals surface area contributed by atoms with Gasteiger partial charge in [0.05, 0.1) is 0 Å². The number of nitrogens with zero attached hydrogens (tertiary/aromatic N) is 3. The zero-order valence-electron chi connectivity index (χ0n) is 11.6. The van der Waals surface area contributed by atoms with Gasteiger partial charge in [-0.15, -0.1) is 11.8 Å². The van der Waals surface area contributed by atoms with E-state index in [0.717, 1.165) is 22.6 Å². The zero-order valence-corrected chi connectivity index (χ0v) is 12.4. The summed E-state index contributed by atoms with van der Waals surface area (Å²) in [4.78, 5) is 22.0. The van der Waals surface area contributed by atoms with Crippen molar-refractivity contribution in [1.82, 2.24) is 9.97 Å². The van der Waals surface area contributed by atoms with Gasteiger partial charge < -0.3 is 10.0 Å². The molecule has 1 unspecified atom stereocenters. The molecule has 0 fully saturated rings. The van der Waals surface area contributed by atoms with E-state index in [9.17, 15) is 9.90 Å². The second-order valence-electron chi connectivity index (χ2n) is 4.80. The van der Waals surface area contributed by atoms with Gasteiger partial charge in [-0.3, -0.25) is 0 Å². The largest absolute Gasteiger partial charge is 0.479 e. The molecule has 1 aliphatic heterocycles. The maximum atomic E-state index is 11.8. The van der Waals surface area contributed by atoms with Crippen molar-refractivity contribution in [2.45, 2.75) is 17.5 Å². The molecule has 0 saturated carbocycles. The average molecular weight is 301 g/mol. The fourth-order valence-electron chi connectivity index (χ4n) is 2.68. The first-order chi connectivity index (χ1) is 10.2. The molecule has 1 N–H and O–H groups in total. The van der Waals surface area contributed by atoms with Crippen LogP contribution in [0.15, 0.2) is 41.7 Å². The summed E-state index contributed by atoms with van der Waals surface area (Å²) in [5.41, 5.74) is 1.95. The van der Waals surface area contributed by atoms with E-state index in [-0.39, 0.29) is 0 Å². The number of carboxylic acids is 1. The maximum absolute atomic E-state index is 11.8. The monoisotopic (exact) mass is 301 g/mol. The molecule has 0 aliphatic carbocycles. The lowest BCUT2D eigenvalue weighted by Gasteiger charge is -2.35. The maximum Gasteiger partial charge on any atom is 0.331 e. The van der Waals surface area contributed by atoms with Gasteiger partial charge >= 0.3 is 5.97 Å². The summed E-state index contributed by atoms with van der Waals surface area (Å²) in [5.74, 6) is -0.192. The SMILES string of the molecule is CSc1cc(N2CCc3ccccc3C2C(=O)O)ncn1. The number of aliphatic carboxylic acids is 1.